The Bertz CT molecular complexity index is 126. The van der Waals surface area contributed by atoms with Crippen LogP contribution < -0.4 is 5.32 Å². The summed E-state index contributed by atoms with van der Waals surface area (Å²) in [5.74, 6) is 0. The van der Waals surface area contributed by atoms with Gasteiger partial charge in [0, 0.05) is 6.54 Å². The van der Waals surface area contributed by atoms with Crippen molar-refractivity contribution in [2.75, 3.05) is 6.54 Å². The van der Waals surface area contributed by atoms with Gasteiger partial charge < -0.3 is 10.1 Å². The number of rotatable bonds is 3. The highest BCUT2D eigenvalue weighted by Crippen LogP contribution is 1.90. The third-order valence-corrected chi connectivity index (χ3v) is 0.747. The lowest BCUT2D eigenvalue weighted by atomic mass is 10.7. The van der Waals surface area contributed by atoms with Crippen molar-refractivity contribution >= 4 is 6.09 Å². The van der Waals surface area contributed by atoms with E-state index in [1.54, 1.807) is 6.92 Å². The zero-order valence-corrected chi connectivity index (χ0v) is 5.96. The van der Waals surface area contributed by atoms with Crippen LogP contribution in [0, 0.1) is 4.91 Å². The third-order valence-electron chi connectivity index (χ3n) is 0.747. The van der Waals surface area contributed by atoms with Crippen molar-refractivity contribution in [3.63, 3.8) is 0 Å². The molecule has 5 nitrogen and oxygen atoms in total. The lowest BCUT2D eigenvalue weighted by Crippen LogP contribution is -2.26. The SMILES string of the molecule is CCNC(=O)OC(C)N=O. The van der Waals surface area contributed by atoms with Crippen molar-refractivity contribution in [2.45, 2.75) is 20.1 Å². The van der Waals surface area contributed by atoms with Crippen molar-refractivity contribution < 1.29 is 9.53 Å². The predicted octanol–water partition coefficient (Wildman–Crippen LogP) is 0.845. The van der Waals surface area contributed by atoms with Gasteiger partial charge in [-0.1, -0.05) is 0 Å². The van der Waals surface area contributed by atoms with E-state index in [9.17, 15) is 9.70 Å². The first-order valence-electron chi connectivity index (χ1n) is 2.97. The number of carbonyl (C=O) groups is 1. The van der Waals surface area contributed by atoms with Crippen molar-refractivity contribution in [2.24, 2.45) is 5.18 Å². The number of nitroso groups, excluding NO2 is 1. The Hall–Kier alpha value is -1.13. The molecule has 0 aromatic rings. The molecule has 0 rings (SSSR count). The molecule has 0 aromatic heterocycles. The molecule has 0 bridgehead atoms. The van der Waals surface area contributed by atoms with Gasteiger partial charge in [0.25, 0.3) is 0 Å². The molecular formula is C5H10N2O3. The maximum absolute atomic E-state index is 10.5. The van der Waals surface area contributed by atoms with E-state index in [-0.39, 0.29) is 0 Å². The van der Waals surface area contributed by atoms with Gasteiger partial charge in [-0.05, 0) is 19.0 Å². The summed E-state index contributed by atoms with van der Waals surface area (Å²) in [5, 5.41) is 4.83. The molecule has 0 aliphatic carbocycles. The highest BCUT2D eigenvalue weighted by molar-refractivity contribution is 5.67. The maximum atomic E-state index is 10.5. The van der Waals surface area contributed by atoms with E-state index in [0.29, 0.717) is 6.54 Å². The molecule has 1 atom stereocenters. The van der Waals surface area contributed by atoms with Gasteiger partial charge in [-0.2, -0.15) is 0 Å². The van der Waals surface area contributed by atoms with Crippen LogP contribution in [0.4, 0.5) is 4.79 Å². The molecular weight excluding hydrogens is 136 g/mol. The topological polar surface area (TPSA) is 67.8 Å². The molecule has 0 radical (unpaired) electrons. The van der Waals surface area contributed by atoms with E-state index >= 15 is 0 Å². The average Bonchev–Trinajstić information content (AvgIpc) is 1.88. The fourth-order valence-corrected chi connectivity index (χ4v) is 0.362. The monoisotopic (exact) mass is 146 g/mol. The first kappa shape index (κ1) is 8.87. The number of hydrogen-bond acceptors (Lipinski definition) is 4. The molecule has 58 valence electrons. The normalized spacial score (nSPS) is 11.8. The van der Waals surface area contributed by atoms with Crippen LogP contribution in [0.2, 0.25) is 0 Å². The Morgan fingerprint density at radius 3 is 2.80 bits per heavy atom. The lowest BCUT2D eigenvalue weighted by Gasteiger charge is -2.04. The van der Waals surface area contributed by atoms with Crippen LogP contribution in [0.15, 0.2) is 5.18 Å². The quantitative estimate of drug-likeness (QED) is 0.600. The Morgan fingerprint density at radius 1 is 1.80 bits per heavy atom. The van der Waals surface area contributed by atoms with E-state index in [0.717, 1.165) is 0 Å². The molecule has 1 amide bonds. The van der Waals surface area contributed by atoms with Gasteiger partial charge in [-0.15, -0.1) is 4.91 Å². The fraction of sp³-hybridized carbons (Fsp3) is 0.800. The Morgan fingerprint density at radius 2 is 2.40 bits per heavy atom. The van der Waals surface area contributed by atoms with Gasteiger partial charge in [0.1, 0.15) is 0 Å². The van der Waals surface area contributed by atoms with Crippen molar-refractivity contribution in [1.29, 1.82) is 0 Å². The van der Waals surface area contributed by atoms with E-state index in [1.165, 1.54) is 6.92 Å². The smallest absolute Gasteiger partial charge is 0.409 e. The number of nitrogens with zero attached hydrogens (tertiary/aromatic N) is 1. The number of nitrogens with one attached hydrogen (secondary N) is 1. The standard InChI is InChI=1S/C5H10N2O3/c1-3-6-5(8)10-4(2)7-9/h4H,3H2,1-2H3,(H,6,8). The molecule has 0 aromatic carbocycles. The third kappa shape index (κ3) is 3.82. The van der Waals surface area contributed by atoms with Crippen molar-refractivity contribution in [3.8, 4) is 0 Å². The highest BCUT2D eigenvalue weighted by atomic mass is 16.6. The largest absolute Gasteiger partial charge is 0.420 e. The van der Waals surface area contributed by atoms with Crippen LogP contribution in [0.3, 0.4) is 0 Å². The van der Waals surface area contributed by atoms with Crippen LogP contribution >= 0.6 is 0 Å². The minimum absolute atomic E-state index is 0.477. The zero-order chi connectivity index (χ0) is 7.98. The molecule has 0 saturated carbocycles. The van der Waals surface area contributed by atoms with E-state index in [1.807, 2.05) is 0 Å². The first-order valence-corrected chi connectivity index (χ1v) is 2.97. The van der Waals surface area contributed by atoms with Gasteiger partial charge >= 0.3 is 6.09 Å². The average molecular weight is 146 g/mol. The fourth-order valence-electron chi connectivity index (χ4n) is 0.362. The van der Waals surface area contributed by atoms with Gasteiger partial charge in [0.05, 0.1) is 0 Å². The number of hydrogen-bond donors (Lipinski definition) is 1. The molecule has 0 aliphatic rings. The predicted molar refractivity (Wildman–Crippen MR) is 35.4 cm³/mol. The van der Waals surface area contributed by atoms with E-state index < -0.39 is 12.3 Å². The van der Waals surface area contributed by atoms with Crippen LogP contribution in [0.1, 0.15) is 13.8 Å². The number of carbonyl (C=O) groups excluding carboxylic acids is 1. The summed E-state index contributed by atoms with van der Waals surface area (Å²) in [6, 6.07) is 0. The summed E-state index contributed by atoms with van der Waals surface area (Å²) in [6.07, 6.45) is -1.53. The van der Waals surface area contributed by atoms with Crippen molar-refractivity contribution in [1.82, 2.24) is 5.32 Å². The molecule has 0 aliphatic heterocycles. The number of ether oxygens (including phenoxy) is 1. The molecule has 5 heteroatoms. The van der Waals surface area contributed by atoms with Gasteiger partial charge in [-0.3, -0.25) is 0 Å². The summed E-state index contributed by atoms with van der Waals surface area (Å²) < 4.78 is 4.41. The van der Waals surface area contributed by atoms with Crippen LogP contribution in [-0.2, 0) is 4.74 Å². The van der Waals surface area contributed by atoms with Crippen LogP contribution in [-0.4, -0.2) is 18.9 Å². The zero-order valence-electron chi connectivity index (χ0n) is 5.96. The molecule has 0 saturated heterocycles. The Kier molecular flexibility index (Phi) is 4.19. The van der Waals surface area contributed by atoms with Gasteiger partial charge in [0.15, 0.2) is 0 Å². The second kappa shape index (κ2) is 4.72. The van der Waals surface area contributed by atoms with Crippen LogP contribution in [0.25, 0.3) is 0 Å². The Balaban J connectivity index is 3.46. The van der Waals surface area contributed by atoms with E-state index in [2.05, 4.69) is 15.2 Å². The van der Waals surface area contributed by atoms with Crippen LogP contribution in [0.5, 0.6) is 0 Å². The molecule has 1 unspecified atom stereocenters. The summed E-state index contributed by atoms with van der Waals surface area (Å²) in [7, 11) is 0. The second-order valence-corrected chi connectivity index (χ2v) is 1.64. The van der Waals surface area contributed by atoms with Gasteiger partial charge in [-0.25, -0.2) is 4.79 Å². The molecule has 0 heterocycles. The van der Waals surface area contributed by atoms with Crippen molar-refractivity contribution in [3.05, 3.63) is 4.91 Å². The minimum atomic E-state index is -0.911. The number of amides is 1. The lowest BCUT2D eigenvalue weighted by molar-refractivity contribution is 0.111. The van der Waals surface area contributed by atoms with Gasteiger partial charge in [0.2, 0.25) is 6.23 Å². The molecule has 0 fully saturated rings. The summed E-state index contributed by atoms with van der Waals surface area (Å²) in [6.45, 7) is 3.62. The first-order chi connectivity index (χ1) is 4.70. The maximum Gasteiger partial charge on any atom is 0.409 e. The highest BCUT2D eigenvalue weighted by Gasteiger charge is 2.05. The summed E-state index contributed by atoms with van der Waals surface area (Å²) in [4.78, 5) is 20.2. The minimum Gasteiger partial charge on any atom is -0.420 e. The summed E-state index contributed by atoms with van der Waals surface area (Å²) >= 11 is 0. The molecule has 0 spiro atoms. The molecule has 1 N–H and O–H groups in total. The molecule has 10 heavy (non-hydrogen) atoms. The second-order valence-electron chi connectivity index (χ2n) is 1.64. The summed E-state index contributed by atoms with van der Waals surface area (Å²) in [5.41, 5.74) is 0. The Labute approximate surface area is 58.7 Å². The van der Waals surface area contributed by atoms with E-state index in [4.69, 9.17) is 0 Å². The number of alkyl carbamates (subject to hydrolysis) is 1.